The van der Waals surface area contributed by atoms with Gasteiger partial charge in [0.25, 0.3) is 5.91 Å². The van der Waals surface area contributed by atoms with Gasteiger partial charge in [-0.15, -0.1) is 12.4 Å². The van der Waals surface area contributed by atoms with Crippen molar-refractivity contribution in [3.8, 4) is 5.75 Å². The fourth-order valence-electron chi connectivity index (χ4n) is 6.82. The summed E-state index contributed by atoms with van der Waals surface area (Å²) in [5.41, 5.74) is -1.00. The molecule has 1 spiro atoms. The molecule has 44 heavy (non-hydrogen) atoms. The van der Waals surface area contributed by atoms with Crippen molar-refractivity contribution in [2.24, 2.45) is 5.92 Å². The molecule has 3 aliphatic rings. The number of nitrogens with one attached hydrogen (secondary N) is 2. The summed E-state index contributed by atoms with van der Waals surface area (Å²) in [5, 5.41) is 17.1. The number of amides is 3. The summed E-state index contributed by atoms with van der Waals surface area (Å²) >= 11 is 0. The third-order valence-electron chi connectivity index (χ3n) is 9.52. The highest BCUT2D eigenvalue weighted by molar-refractivity contribution is 6.00. The molecule has 3 N–H and O–H groups in total. The van der Waals surface area contributed by atoms with E-state index in [0.717, 1.165) is 70.3 Å². The van der Waals surface area contributed by atoms with E-state index >= 15 is 0 Å². The molecule has 3 fully saturated rings. The van der Waals surface area contributed by atoms with Crippen molar-refractivity contribution in [2.75, 3.05) is 39.3 Å². The number of hydrogen-bond donors (Lipinski definition) is 3. The average molecular weight is 635 g/mol. The van der Waals surface area contributed by atoms with Gasteiger partial charge in [-0.1, -0.05) is 46.5 Å². The molecule has 1 aromatic rings. The first-order valence-corrected chi connectivity index (χ1v) is 16.7. The van der Waals surface area contributed by atoms with Crippen LogP contribution in [0.3, 0.4) is 0 Å². The number of likely N-dealkylation sites (tertiary alicyclic amines) is 1. The number of ether oxygens (including phenoxy) is 1. The Hall–Kier alpha value is -2.36. The molecule has 0 aromatic heterocycles. The lowest BCUT2D eigenvalue weighted by Crippen LogP contribution is -2.73. The molecule has 9 nitrogen and oxygen atoms in total. The van der Waals surface area contributed by atoms with E-state index in [0.29, 0.717) is 63.3 Å². The molecule has 0 unspecified atom stereocenters. The molecule has 0 radical (unpaired) electrons. The first-order valence-electron chi connectivity index (χ1n) is 16.7. The maximum Gasteiger partial charge on any atom is 0.251 e. The SMILES string of the molecule is CCCCN1C(=O)[C@@H](CC2(O)CCCCC2)NC(=O)C12CCN(CCCCOc1ccc(C(=O)NCC(C)C)cc1)CC2.Cl. The minimum atomic E-state index is -0.854. The van der Waals surface area contributed by atoms with Crippen LogP contribution in [0, 0.1) is 5.92 Å². The van der Waals surface area contributed by atoms with E-state index < -0.39 is 17.2 Å². The summed E-state index contributed by atoms with van der Waals surface area (Å²) in [4.78, 5) is 43.9. The highest BCUT2D eigenvalue weighted by atomic mass is 35.5. The van der Waals surface area contributed by atoms with Crippen molar-refractivity contribution < 1.29 is 24.2 Å². The molecule has 1 atom stereocenters. The van der Waals surface area contributed by atoms with Gasteiger partial charge in [0.2, 0.25) is 11.8 Å². The van der Waals surface area contributed by atoms with Crippen LogP contribution >= 0.6 is 12.4 Å². The topological polar surface area (TPSA) is 111 Å². The van der Waals surface area contributed by atoms with E-state index in [1.165, 1.54) is 0 Å². The molecule has 248 valence electrons. The summed E-state index contributed by atoms with van der Waals surface area (Å²) < 4.78 is 5.90. The zero-order valence-electron chi connectivity index (χ0n) is 27.1. The van der Waals surface area contributed by atoms with Gasteiger partial charge in [0.15, 0.2) is 0 Å². The maximum atomic E-state index is 13.8. The minimum absolute atomic E-state index is 0. The minimum Gasteiger partial charge on any atom is -0.494 e. The Balaban J connectivity index is 0.00000529. The standard InChI is InChI=1S/C34H54N4O5.ClH/c1-4-5-20-38-31(40)29(24-33(42)15-7-6-8-16-33)36-32(41)34(38)17-21-37(22-18-34)19-9-10-23-43-28-13-11-27(12-14-28)30(39)35-25-26(2)3;/h11-14,26,29,42H,4-10,15-25H2,1-3H3,(H,35,39)(H,36,41);1H/t29-;/m1./s1. The maximum absolute atomic E-state index is 13.8. The van der Waals surface area contributed by atoms with E-state index in [4.69, 9.17) is 4.74 Å². The number of unbranched alkanes of at least 4 members (excludes halogenated alkanes) is 2. The Morgan fingerprint density at radius 3 is 2.34 bits per heavy atom. The predicted octanol–water partition coefficient (Wildman–Crippen LogP) is 4.70. The second-order valence-electron chi connectivity index (χ2n) is 13.4. The predicted molar refractivity (Wildman–Crippen MR) is 175 cm³/mol. The zero-order chi connectivity index (χ0) is 30.9. The molecule has 2 aliphatic heterocycles. The van der Waals surface area contributed by atoms with Crippen molar-refractivity contribution in [3.05, 3.63) is 29.8 Å². The van der Waals surface area contributed by atoms with Gasteiger partial charge in [0, 0.05) is 38.2 Å². The van der Waals surface area contributed by atoms with Crippen LogP contribution in [0.1, 0.15) is 108 Å². The first kappa shape index (κ1) is 36.1. The molecule has 2 heterocycles. The Morgan fingerprint density at radius 2 is 1.70 bits per heavy atom. The summed E-state index contributed by atoms with van der Waals surface area (Å²) in [7, 11) is 0. The lowest BCUT2D eigenvalue weighted by atomic mass is 9.77. The zero-order valence-corrected chi connectivity index (χ0v) is 27.9. The number of aliphatic hydroxyl groups is 1. The lowest BCUT2D eigenvalue weighted by Gasteiger charge is -2.52. The van der Waals surface area contributed by atoms with Crippen LogP contribution in [0.5, 0.6) is 5.75 Å². The second-order valence-corrected chi connectivity index (χ2v) is 13.4. The number of benzene rings is 1. The van der Waals surface area contributed by atoms with Crippen molar-refractivity contribution in [1.82, 2.24) is 20.4 Å². The van der Waals surface area contributed by atoms with Crippen LogP contribution in [-0.4, -0.2) is 89.1 Å². The van der Waals surface area contributed by atoms with E-state index in [1.807, 2.05) is 17.0 Å². The Kier molecular flexibility index (Phi) is 13.8. The number of carbonyl (C=O) groups excluding carboxylic acids is 3. The van der Waals surface area contributed by atoms with E-state index in [2.05, 4.69) is 36.3 Å². The number of nitrogens with zero attached hydrogens (tertiary/aromatic N) is 2. The van der Waals surface area contributed by atoms with Crippen molar-refractivity contribution >= 4 is 30.1 Å². The second kappa shape index (κ2) is 16.8. The van der Waals surface area contributed by atoms with Gasteiger partial charge in [-0.3, -0.25) is 14.4 Å². The summed E-state index contributed by atoms with van der Waals surface area (Å²) in [6, 6.07) is 6.65. The molecule has 10 heteroatoms. The van der Waals surface area contributed by atoms with Crippen molar-refractivity contribution in [1.29, 1.82) is 0 Å². The first-order chi connectivity index (χ1) is 20.7. The molecular formula is C34H55ClN4O5. The third-order valence-corrected chi connectivity index (χ3v) is 9.52. The van der Waals surface area contributed by atoms with Crippen LogP contribution < -0.4 is 15.4 Å². The summed E-state index contributed by atoms with van der Waals surface area (Å²) in [5.74, 6) is 1.05. The normalized spacial score (nSPS) is 21.6. The number of rotatable bonds is 14. The lowest BCUT2D eigenvalue weighted by molar-refractivity contribution is -0.163. The van der Waals surface area contributed by atoms with Crippen LogP contribution in [0.15, 0.2) is 24.3 Å². The number of halogens is 1. The monoisotopic (exact) mass is 634 g/mol. The molecule has 1 aliphatic carbocycles. The highest BCUT2D eigenvalue weighted by Crippen LogP contribution is 2.37. The van der Waals surface area contributed by atoms with Gasteiger partial charge in [0.1, 0.15) is 17.3 Å². The molecule has 1 aromatic carbocycles. The molecular weight excluding hydrogens is 580 g/mol. The smallest absolute Gasteiger partial charge is 0.251 e. The average Bonchev–Trinajstić information content (AvgIpc) is 3.00. The van der Waals surface area contributed by atoms with E-state index in [9.17, 15) is 19.5 Å². The van der Waals surface area contributed by atoms with Crippen molar-refractivity contribution in [2.45, 2.75) is 115 Å². The largest absolute Gasteiger partial charge is 0.494 e. The molecule has 1 saturated carbocycles. The van der Waals surface area contributed by atoms with Crippen LogP contribution in [0.25, 0.3) is 0 Å². The summed E-state index contributed by atoms with van der Waals surface area (Å²) in [6.07, 6.45) is 9.80. The van der Waals surface area contributed by atoms with Gasteiger partial charge in [-0.2, -0.15) is 0 Å². The molecule has 2 saturated heterocycles. The number of piperidine rings is 1. The van der Waals surface area contributed by atoms with Gasteiger partial charge in [-0.05, 0) is 81.7 Å². The van der Waals surface area contributed by atoms with Gasteiger partial charge in [-0.25, -0.2) is 0 Å². The molecule has 3 amide bonds. The Bertz CT molecular complexity index is 1070. The quantitative estimate of drug-likeness (QED) is 0.256. The molecule has 0 bridgehead atoms. The van der Waals surface area contributed by atoms with Gasteiger partial charge < -0.3 is 30.3 Å². The third kappa shape index (κ3) is 9.33. The fraction of sp³-hybridized carbons (Fsp3) is 0.735. The number of hydrogen-bond acceptors (Lipinski definition) is 6. The van der Waals surface area contributed by atoms with Crippen molar-refractivity contribution in [3.63, 3.8) is 0 Å². The number of piperazine rings is 1. The van der Waals surface area contributed by atoms with Crippen LogP contribution in [-0.2, 0) is 9.59 Å². The van der Waals surface area contributed by atoms with Crippen LogP contribution in [0.2, 0.25) is 0 Å². The van der Waals surface area contributed by atoms with E-state index in [-0.39, 0.29) is 30.1 Å². The molecule has 4 rings (SSSR count). The van der Waals surface area contributed by atoms with Crippen LogP contribution in [0.4, 0.5) is 0 Å². The Labute approximate surface area is 270 Å². The summed E-state index contributed by atoms with van der Waals surface area (Å²) in [6.45, 7) is 10.6. The number of carbonyl (C=O) groups is 3. The fourth-order valence-corrected chi connectivity index (χ4v) is 6.82. The van der Waals surface area contributed by atoms with E-state index in [1.54, 1.807) is 12.1 Å². The highest BCUT2D eigenvalue weighted by Gasteiger charge is 2.54. The Morgan fingerprint density at radius 1 is 1.02 bits per heavy atom. The van der Waals surface area contributed by atoms with Gasteiger partial charge in [0.05, 0.1) is 12.2 Å². The van der Waals surface area contributed by atoms with Gasteiger partial charge >= 0.3 is 0 Å².